The van der Waals surface area contributed by atoms with E-state index < -0.39 is 10.9 Å². The molecule has 7 nitrogen and oxygen atoms in total. The minimum atomic E-state index is -0.727. The second kappa shape index (κ2) is 7.07. The van der Waals surface area contributed by atoms with Crippen LogP contribution in [0.1, 0.15) is 11.1 Å². The molecule has 0 unspecified atom stereocenters. The van der Waals surface area contributed by atoms with Gasteiger partial charge in [-0.05, 0) is 30.9 Å². The summed E-state index contributed by atoms with van der Waals surface area (Å²) in [7, 11) is 0. The summed E-state index contributed by atoms with van der Waals surface area (Å²) in [4.78, 5) is 10.2. The lowest BCUT2D eigenvalue weighted by Gasteiger charge is -2.10. The monoisotopic (exact) mass is 296 g/mol. The van der Waals surface area contributed by atoms with E-state index in [4.69, 9.17) is 0 Å². The minimum absolute atomic E-state index is 0.510. The quantitative estimate of drug-likeness (QED) is 0.271. The first-order valence-electron chi connectivity index (χ1n) is 6.53. The van der Waals surface area contributed by atoms with Crippen LogP contribution in [0.2, 0.25) is 0 Å². The Morgan fingerprint density at radius 2 is 1.55 bits per heavy atom. The Bertz CT molecular complexity index is 706. The molecular formula is C15H14N5O2-. The highest BCUT2D eigenvalue weighted by Gasteiger charge is 2.07. The van der Waals surface area contributed by atoms with Crippen LogP contribution in [0.5, 0.6) is 0 Å². The van der Waals surface area contributed by atoms with E-state index in [1.807, 2.05) is 38.1 Å². The van der Waals surface area contributed by atoms with Gasteiger partial charge in [-0.15, -0.1) is 5.69 Å². The van der Waals surface area contributed by atoms with E-state index in [1.54, 1.807) is 24.3 Å². The topological polar surface area (TPSA) is 94.3 Å². The van der Waals surface area contributed by atoms with Gasteiger partial charge in [-0.2, -0.15) is 5.10 Å². The van der Waals surface area contributed by atoms with Crippen LogP contribution >= 0.6 is 0 Å². The van der Waals surface area contributed by atoms with Gasteiger partial charge in [0.05, 0.1) is 5.11 Å². The number of nitrogens with zero attached hydrogens (tertiary/aromatic N) is 5. The summed E-state index contributed by atoms with van der Waals surface area (Å²) in [6, 6.07) is 14.2. The number of guanidine groups is 1. The number of hydrogen-bond acceptors (Lipinski definition) is 4. The van der Waals surface area contributed by atoms with Crippen LogP contribution in [0, 0.1) is 24.0 Å². The number of azo groups is 1. The first kappa shape index (κ1) is 15.3. The maximum absolute atomic E-state index is 10.9. The standard InChI is InChI=1S/C15H14N5O2/c1-11-3-7-13(8-4-11)16-18-15(20(21)22)19-17-14-9-5-12(2)6-10-14/h3-10H,1-2H3/q-1/b18-15-,19-17?. The summed E-state index contributed by atoms with van der Waals surface area (Å²) >= 11 is 0. The van der Waals surface area contributed by atoms with Crippen molar-refractivity contribution < 1.29 is 4.92 Å². The predicted molar refractivity (Wildman–Crippen MR) is 84.3 cm³/mol. The van der Waals surface area contributed by atoms with Gasteiger partial charge >= 0.3 is 5.96 Å². The van der Waals surface area contributed by atoms with Crippen molar-refractivity contribution in [2.75, 3.05) is 0 Å². The lowest BCUT2D eigenvalue weighted by Crippen LogP contribution is -2.07. The van der Waals surface area contributed by atoms with E-state index >= 15 is 0 Å². The number of hydrogen-bond donors (Lipinski definition) is 0. The molecule has 112 valence electrons. The molecule has 0 amide bonds. The van der Waals surface area contributed by atoms with E-state index in [-0.39, 0.29) is 0 Å². The number of nitro groups is 1. The summed E-state index contributed by atoms with van der Waals surface area (Å²) < 4.78 is 0. The van der Waals surface area contributed by atoms with Gasteiger partial charge in [0.1, 0.15) is 5.69 Å². The zero-order valence-corrected chi connectivity index (χ0v) is 12.2. The van der Waals surface area contributed by atoms with Crippen molar-refractivity contribution in [1.82, 2.24) is 0 Å². The smallest absolute Gasteiger partial charge is 0.474 e. The Balaban J connectivity index is 2.12. The van der Waals surface area contributed by atoms with Gasteiger partial charge in [0.15, 0.2) is 0 Å². The van der Waals surface area contributed by atoms with E-state index in [9.17, 15) is 10.1 Å². The van der Waals surface area contributed by atoms with Crippen LogP contribution in [0.3, 0.4) is 0 Å². The van der Waals surface area contributed by atoms with Gasteiger partial charge in [0, 0.05) is 0 Å². The Kier molecular flexibility index (Phi) is 4.92. The van der Waals surface area contributed by atoms with Crippen molar-refractivity contribution in [3.05, 3.63) is 75.2 Å². The van der Waals surface area contributed by atoms with Gasteiger partial charge < -0.3 is 15.5 Å². The third-order valence-corrected chi connectivity index (χ3v) is 2.74. The predicted octanol–water partition coefficient (Wildman–Crippen LogP) is 4.64. The van der Waals surface area contributed by atoms with Gasteiger partial charge in [-0.1, -0.05) is 52.6 Å². The largest absolute Gasteiger partial charge is 0.492 e. The second-order valence-electron chi connectivity index (χ2n) is 4.63. The molecule has 0 fully saturated rings. The fourth-order valence-electron chi connectivity index (χ4n) is 1.52. The van der Waals surface area contributed by atoms with Crippen LogP contribution in [0.25, 0.3) is 5.43 Å². The zero-order valence-electron chi connectivity index (χ0n) is 12.2. The van der Waals surface area contributed by atoms with Crippen molar-refractivity contribution in [2.45, 2.75) is 13.8 Å². The molecule has 0 spiro atoms. The van der Waals surface area contributed by atoms with Gasteiger partial charge in [0.2, 0.25) is 0 Å². The molecule has 22 heavy (non-hydrogen) atoms. The number of aryl methyl sites for hydroxylation is 2. The molecular weight excluding hydrogens is 282 g/mol. The van der Waals surface area contributed by atoms with Gasteiger partial charge in [0.25, 0.3) is 0 Å². The SMILES string of the molecule is Cc1ccc(N=N/C(=N/[N-]c2ccc(C)cc2)[N+](=O)[O-])cc1. The second-order valence-corrected chi connectivity index (χ2v) is 4.63. The van der Waals surface area contributed by atoms with Crippen molar-refractivity contribution in [2.24, 2.45) is 15.3 Å². The fourth-order valence-corrected chi connectivity index (χ4v) is 1.52. The fraction of sp³-hybridized carbons (Fsp3) is 0.133. The molecule has 0 aromatic heterocycles. The summed E-state index contributed by atoms with van der Waals surface area (Å²) in [6.07, 6.45) is 0. The average Bonchev–Trinajstić information content (AvgIpc) is 2.50. The van der Waals surface area contributed by atoms with Crippen molar-refractivity contribution >= 4 is 17.3 Å². The summed E-state index contributed by atoms with van der Waals surface area (Å²) in [6.45, 7) is 3.87. The molecule has 7 heteroatoms. The highest BCUT2D eigenvalue weighted by molar-refractivity contribution is 5.74. The normalized spacial score (nSPS) is 11.6. The molecule has 0 aliphatic carbocycles. The summed E-state index contributed by atoms with van der Waals surface area (Å²) in [5.74, 6) is -0.666. The van der Waals surface area contributed by atoms with Crippen LogP contribution in [-0.2, 0) is 0 Å². The highest BCUT2D eigenvalue weighted by Crippen LogP contribution is 2.19. The maximum atomic E-state index is 10.9. The number of benzene rings is 2. The average molecular weight is 296 g/mol. The molecule has 0 aliphatic rings. The Morgan fingerprint density at radius 1 is 1.00 bits per heavy atom. The molecule has 0 saturated heterocycles. The molecule has 2 aromatic carbocycles. The maximum Gasteiger partial charge on any atom is 0.474 e. The first-order valence-corrected chi connectivity index (χ1v) is 6.53. The summed E-state index contributed by atoms with van der Waals surface area (Å²) in [5.41, 5.74) is 6.94. The van der Waals surface area contributed by atoms with Crippen LogP contribution in [0.15, 0.2) is 63.9 Å². The molecule has 0 radical (unpaired) electrons. The first-order chi connectivity index (χ1) is 10.5. The van der Waals surface area contributed by atoms with Gasteiger partial charge in [-0.25, -0.2) is 0 Å². The molecule has 0 saturated carbocycles. The highest BCUT2D eigenvalue weighted by atomic mass is 16.6. The molecule has 0 heterocycles. The zero-order chi connectivity index (χ0) is 15.9. The Morgan fingerprint density at radius 3 is 2.09 bits per heavy atom. The molecule has 2 rings (SSSR count). The third-order valence-electron chi connectivity index (χ3n) is 2.74. The Hall–Kier alpha value is -3.09. The lowest BCUT2D eigenvalue weighted by molar-refractivity contribution is -0.352. The molecule has 0 bridgehead atoms. The van der Waals surface area contributed by atoms with E-state index in [2.05, 4.69) is 20.8 Å². The summed E-state index contributed by atoms with van der Waals surface area (Å²) in [5, 5.41) is 21.8. The van der Waals surface area contributed by atoms with Crippen LogP contribution in [0.4, 0.5) is 11.4 Å². The van der Waals surface area contributed by atoms with Crippen LogP contribution in [-0.4, -0.2) is 10.9 Å². The molecule has 2 aromatic rings. The Labute approximate surface area is 127 Å². The third kappa shape index (κ3) is 4.48. The van der Waals surface area contributed by atoms with Crippen LogP contribution < -0.4 is 0 Å². The molecule has 0 aliphatic heterocycles. The minimum Gasteiger partial charge on any atom is -0.492 e. The van der Waals surface area contributed by atoms with E-state index in [0.717, 1.165) is 11.1 Å². The number of rotatable bonds is 3. The van der Waals surface area contributed by atoms with Crippen molar-refractivity contribution in [3.63, 3.8) is 0 Å². The van der Waals surface area contributed by atoms with E-state index in [0.29, 0.717) is 11.4 Å². The van der Waals surface area contributed by atoms with Crippen molar-refractivity contribution in [1.29, 1.82) is 0 Å². The molecule has 0 N–H and O–H groups in total. The van der Waals surface area contributed by atoms with Crippen molar-refractivity contribution in [3.8, 4) is 0 Å². The molecule has 0 atom stereocenters. The van der Waals surface area contributed by atoms with E-state index in [1.165, 1.54) is 0 Å². The lowest BCUT2D eigenvalue weighted by atomic mass is 10.2. The van der Waals surface area contributed by atoms with Gasteiger partial charge in [-0.3, -0.25) is 0 Å².